The van der Waals surface area contributed by atoms with E-state index in [2.05, 4.69) is 30.9 Å². The molecular formula is C54H54FN9O7. The lowest BCUT2D eigenvalue weighted by Crippen LogP contribution is -2.37. The molecule has 0 saturated heterocycles. The van der Waals surface area contributed by atoms with E-state index in [1.807, 2.05) is 69.0 Å². The van der Waals surface area contributed by atoms with Crippen LogP contribution >= 0.6 is 0 Å². The van der Waals surface area contributed by atoms with E-state index >= 15 is 0 Å². The SMILES string of the molecule is CC1(C)C(=O)N(C2CC2)c2cc(NC(=O)c3ccncc3)ccc21.CN1C(=O)C(C)(C)c2ccc(NC(=O)c3ccncc3)c(F)c21.COc1ccc(C(=O)Nc2ccc3c(c2)N(C)C(=O)C3(C)C)cn1. The highest BCUT2D eigenvalue weighted by molar-refractivity contribution is 6.12. The highest BCUT2D eigenvalue weighted by Crippen LogP contribution is 2.48. The van der Waals surface area contributed by atoms with Gasteiger partial charge in [0.2, 0.25) is 23.6 Å². The first kappa shape index (κ1) is 49.1. The summed E-state index contributed by atoms with van der Waals surface area (Å²) in [5.41, 5.74) is 5.47. The van der Waals surface area contributed by atoms with Crippen molar-refractivity contribution in [3.63, 3.8) is 0 Å². The van der Waals surface area contributed by atoms with Crippen molar-refractivity contribution in [2.75, 3.05) is 51.9 Å². The fourth-order valence-electron chi connectivity index (χ4n) is 8.99. The first-order valence-corrected chi connectivity index (χ1v) is 22.9. The van der Waals surface area contributed by atoms with Gasteiger partial charge in [0.1, 0.15) is 0 Å². The number of pyridine rings is 3. The van der Waals surface area contributed by atoms with E-state index in [-0.39, 0.29) is 40.9 Å². The van der Waals surface area contributed by atoms with Crippen LogP contribution in [0.3, 0.4) is 0 Å². The van der Waals surface area contributed by atoms with Crippen molar-refractivity contribution in [3.8, 4) is 5.88 Å². The Bertz CT molecular complexity index is 3100. The molecule has 6 amide bonds. The van der Waals surface area contributed by atoms with Gasteiger partial charge in [-0.2, -0.15) is 0 Å². The van der Waals surface area contributed by atoms with Crippen LogP contribution in [0.15, 0.2) is 116 Å². The Hall–Kier alpha value is -8.34. The van der Waals surface area contributed by atoms with E-state index in [1.54, 1.807) is 80.7 Å². The molecule has 10 rings (SSSR count). The van der Waals surface area contributed by atoms with Crippen LogP contribution in [0.25, 0.3) is 0 Å². The highest BCUT2D eigenvalue weighted by atomic mass is 19.1. The molecule has 6 aromatic rings. The van der Waals surface area contributed by atoms with E-state index in [1.165, 1.54) is 43.7 Å². The molecule has 3 aliphatic heterocycles. The number of anilines is 6. The number of amides is 6. The fraction of sp³-hybridized carbons (Fsp3) is 0.278. The summed E-state index contributed by atoms with van der Waals surface area (Å²) in [4.78, 5) is 90.7. The van der Waals surface area contributed by atoms with Gasteiger partial charge in [0.25, 0.3) is 17.7 Å². The molecule has 3 aromatic carbocycles. The molecule has 1 fully saturated rings. The molecule has 4 aliphatic rings. The standard InChI is InChI=1S/C19H19N3O2.C18H19N3O3.C17H16FN3O2/c1-19(2)15-6-3-13(21-17(23)12-7-9-20-10-8-12)11-16(15)22(18(19)24)14-4-5-14;1-18(2)13-7-6-12(9-14(13)21(3)17(18)23)20-16(22)11-5-8-15(24-4)19-10-11;1-17(2)11-4-5-12(13(18)14(11)21(3)16(17)23)20-15(22)10-6-8-19-9-7-10/h3,6-11,14H,4-5H2,1-2H3,(H,21,23);5-10H,1-4H3,(H,20,22);4-9H,1-3H3,(H,20,22). The van der Waals surface area contributed by atoms with Crippen molar-refractivity contribution in [1.29, 1.82) is 0 Å². The third kappa shape index (κ3) is 9.29. The molecule has 1 aliphatic carbocycles. The van der Waals surface area contributed by atoms with Gasteiger partial charge in [-0.1, -0.05) is 18.2 Å². The number of carbonyl (C=O) groups excluding carboxylic acids is 6. The number of nitrogens with zero attached hydrogens (tertiary/aromatic N) is 6. The van der Waals surface area contributed by atoms with E-state index in [0.717, 1.165) is 35.3 Å². The third-order valence-corrected chi connectivity index (χ3v) is 13.3. The van der Waals surface area contributed by atoms with Crippen LogP contribution in [0.5, 0.6) is 5.88 Å². The van der Waals surface area contributed by atoms with Crippen LogP contribution in [-0.4, -0.2) is 77.6 Å². The number of carbonyl (C=O) groups is 6. The van der Waals surface area contributed by atoms with Gasteiger partial charge < -0.3 is 35.4 Å². The Kier molecular flexibility index (Phi) is 13.0. The number of fused-ring (bicyclic) bond motifs is 3. The maximum Gasteiger partial charge on any atom is 0.257 e. The number of nitrogens with one attached hydrogen (secondary N) is 3. The molecule has 3 aromatic heterocycles. The minimum atomic E-state index is -0.779. The molecule has 3 N–H and O–H groups in total. The number of halogens is 1. The normalized spacial score (nSPS) is 16.4. The van der Waals surface area contributed by atoms with Crippen molar-refractivity contribution < 1.29 is 37.9 Å². The monoisotopic (exact) mass is 959 g/mol. The van der Waals surface area contributed by atoms with Gasteiger partial charge >= 0.3 is 0 Å². The predicted molar refractivity (Wildman–Crippen MR) is 269 cm³/mol. The molecule has 364 valence electrons. The maximum atomic E-state index is 14.8. The highest BCUT2D eigenvalue weighted by Gasteiger charge is 2.49. The zero-order chi connectivity index (χ0) is 51.2. The molecule has 0 spiro atoms. The van der Waals surface area contributed by atoms with Crippen LogP contribution in [0, 0.1) is 5.82 Å². The van der Waals surface area contributed by atoms with E-state index in [4.69, 9.17) is 4.74 Å². The molecule has 71 heavy (non-hydrogen) atoms. The molecule has 0 bridgehead atoms. The minimum absolute atomic E-state index is 0.0420. The summed E-state index contributed by atoms with van der Waals surface area (Å²) in [5.74, 6) is -1.02. The second kappa shape index (κ2) is 18.9. The minimum Gasteiger partial charge on any atom is -0.481 e. The summed E-state index contributed by atoms with van der Waals surface area (Å²) in [6.45, 7) is 11.2. The van der Waals surface area contributed by atoms with Crippen molar-refractivity contribution in [1.82, 2.24) is 15.0 Å². The number of rotatable bonds is 8. The lowest BCUT2D eigenvalue weighted by atomic mass is 9.86. The molecule has 6 heterocycles. The number of benzene rings is 3. The van der Waals surface area contributed by atoms with Gasteiger partial charge in [-0.3, -0.25) is 38.7 Å². The molecule has 0 atom stereocenters. The number of hydrogen-bond acceptors (Lipinski definition) is 10. The van der Waals surface area contributed by atoms with Crippen LogP contribution in [0.1, 0.15) is 102 Å². The summed E-state index contributed by atoms with van der Waals surface area (Å²) in [6, 6.07) is 24.4. The number of ether oxygens (including phenoxy) is 1. The topological polar surface area (TPSA) is 196 Å². The molecule has 17 heteroatoms. The molecule has 16 nitrogen and oxygen atoms in total. The Morgan fingerprint density at radius 1 is 0.592 bits per heavy atom. The lowest BCUT2D eigenvalue weighted by molar-refractivity contribution is -0.122. The first-order chi connectivity index (χ1) is 33.7. The lowest BCUT2D eigenvalue weighted by Gasteiger charge is -2.19. The molecule has 1 saturated carbocycles. The second-order valence-corrected chi connectivity index (χ2v) is 19.2. The van der Waals surface area contributed by atoms with E-state index in [0.29, 0.717) is 45.6 Å². The van der Waals surface area contributed by atoms with Gasteiger partial charge in [0.05, 0.1) is 46.0 Å². The Morgan fingerprint density at radius 2 is 1.07 bits per heavy atom. The quantitative estimate of drug-likeness (QED) is 0.133. The summed E-state index contributed by atoms with van der Waals surface area (Å²) < 4.78 is 19.8. The largest absolute Gasteiger partial charge is 0.481 e. The number of likely N-dealkylation sites (N-methyl/N-ethyl adjacent to an activating group) is 2. The van der Waals surface area contributed by atoms with Crippen LogP contribution in [0.4, 0.5) is 38.5 Å². The second-order valence-electron chi connectivity index (χ2n) is 19.2. The van der Waals surface area contributed by atoms with Gasteiger partial charge in [-0.15, -0.1) is 0 Å². The van der Waals surface area contributed by atoms with Gasteiger partial charge in [0, 0.05) is 85.4 Å². The Labute approximate surface area is 410 Å². The maximum absolute atomic E-state index is 14.8. The van der Waals surface area contributed by atoms with Crippen molar-refractivity contribution in [3.05, 3.63) is 155 Å². The predicted octanol–water partition coefficient (Wildman–Crippen LogP) is 8.44. The van der Waals surface area contributed by atoms with Gasteiger partial charge in [-0.05, 0) is 132 Å². The molecule has 0 unspecified atom stereocenters. The smallest absolute Gasteiger partial charge is 0.257 e. The van der Waals surface area contributed by atoms with Crippen LogP contribution < -0.4 is 35.4 Å². The van der Waals surface area contributed by atoms with Crippen molar-refractivity contribution in [2.45, 2.75) is 76.7 Å². The van der Waals surface area contributed by atoms with E-state index in [9.17, 15) is 33.2 Å². The summed E-state index contributed by atoms with van der Waals surface area (Å²) >= 11 is 0. The number of aromatic nitrogens is 3. The van der Waals surface area contributed by atoms with E-state index < -0.39 is 28.0 Å². The van der Waals surface area contributed by atoms with Crippen LogP contribution in [-0.2, 0) is 30.6 Å². The molecule has 0 radical (unpaired) electrons. The Morgan fingerprint density at radius 3 is 1.61 bits per heavy atom. The zero-order valence-corrected chi connectivity index (χ0v) is 40.9. The third-order valence-electron chi connectivity index (χ3n) is 13.3. The summed E-state index contributed by atoms with van der Waals surface area (Å²) in [7, 11) is 4.80. The zero-order valence-electron chi connectivity index (χ0n) is 40.9. The summed E-state index contributed by atoms with van der Waals surface area (Å²) in [6.07, 6.45) is 9.72. The fourth-order valence-corrected chi connectivity index (χ4v) is 8.99. The van der Waals surface area contributed by atoms with Gasteiger partial charge in [0.15, 0.2) is 5.82 Å². The number of methoxy groups -OCH3 is 1. The van der Waals surface area contributed by atoms with Crippen molar-refractivity contribution in [2.24, 2.45) is 0 Å². The molecular weight excluding hydrogens is 906 g/mol. The van der Waals surface area contributed by atoms with Crippen molar-refractivity contribution >= 4 is 69.6 Å². The summed E-state index contributed by atoms with van der Waals surface area (Å²) in [5, 5.41) is 8.27. The average molecular weight is 960 g/mol. The first-order valence-electron chi connectivity index (χ1n) is 22.9. The average Bonchev–Trinajstić information content (AvgIpc) is 4.13. The van der Waals surface area contributed by atoms with Gasteiger partial charge in [-0.25, -0.2) is 9.37 Å². The van der Waals surface area contributed by atoms with Crippen LogP contribution in [0.2, 0.25) is 0 Å². The number of hydrogen-bond donors (Lipinski definition) is 3. The Balaban J connectivity index is 0.000000143.